The first-order valence-corrected chi connectivity index (χ1v) is 8.04. The molecular weight excluding hydrogens is 302 g/mol. The van der Waals surface area contributed by atoms with Crippen LogP contribution in [0.15, 0.2) is 10.7 Å². The van der Waals surface area contributed by atoms with E-state index in [-0.39, 0.29) is 0 Å². The quantitative estimate of drug-likeness (QED) is 0.772. The van der Waals surface area contributed by atoms with Crippen LogP contribution in [0.2, 0.25) is 0 Å². The molecule has 0 aromatic carbocycles. The van der Waals surface area contributed by atoms with Crippen molar-refractivity contribution in [3.05, 3.63) is 16.5 Å². The van der Waals surface area contributed by atoms with Gasteiger partial charge >= 0.3 is 0 Å². The fourth-order valence-electron chi connectivity index (χ4n) is 2.68. The van der Waals surface area contributed by atoms with E-state index in [0.717, 1.165) is 22.2 Å². The van der Waals surface area contributed by atoms with E-state index in [4.69, 9.17) is 4.98 Å². The summed E-state index contributed by atoms with van der Waals surface area (Å²) in [7, 11) is 2.17. The van der Waals surface area contributed by atoms with Gasteiger partial charge in [0.25, 0.3) is 0 Å². The lowest BCUT2D eigenvalue weighted by molar-refractivity contribution is 0.339. The van der Waals surface area contributed by atoms with E-state index in [1.54, 1.807) is 0 Å². The van der Waals surface area contributed by atoms with E-state index in [2.05, 4.69) is 53.6 Å². The zero-order valence-electron chi connectivity index (χ0n) is 12.4. The molecule has 0 N–H and O–H groups in total. The van der Waals surface area contributed by atoms with Crippen LogP contribution in [0.5, 0.6) is 0 Å². The molecule has 2 rings (SSSR count). The van der Waals surface area contributed by atoms with Gasteiger partial charge in [-0.15, -0.1) is 0 Å². The summed E-state index contributed by atoms with van der Waals surface area (Å²) in [5, 5.41) is 0. The van der Waals surface area contributed by atoms with Gasteiger partial charge in [0, 0.05) is 25.1 Å². The second-order valence-corrected chi connectivity index (χ2v) is 6.90. The standard InChI is InChI=1S/C15H24BrN3/c1-10(2)15-17-13(16)9-14(18-15)19(4)12-7-5-11(3)6-8-12/h9-12H,5-8H2,1-4H3. The van der Waals surface area contributed by atoms with Gasteiger partial charge in [-0.3, -0.25) is 0 Å². The first-order chi connectivity index (χ1) is 8.97. The maximum Gasteiger partial charge on any atom is 0.134 e. The summed E-state index contributed by atoms with van der Waals surface area (Å²) in [6.07, 6.45) is 5.21. The summed E-state index contributed by atoms with van der Waals surface area (Å²) in [6, 6.07) is 2.65. The Kier molecular flexibility index (Phi) is 4.82. The van der Waals surface area contributed by atoms with Gasteiger partial charge in [0.15, 0.2) is 0 Å². The molecule has 1 fully saturated rings. The van der Waals surface area contributed by atoms with Gasteiger partial charge in [0.2, 0.25) is 0 Å². The highest BCUT2D eigenvalue weighted by Gasteiger charge is 2.23. The Hall–Kier alpha value is -0.640. The number of anilines is 1. The summed E-state index contributed by atoms with van der Waals surface area (Å²) >= 11 is 3.51. The lowest BCUT2D eigenvalue weighted by Crippen LogP contribution is -2.35. The molecule has 0 radical (unpaired) electrons. The summed E-state index contributed by atoms with van der Waals surface area (Å²) in [4.78, 5) is 11.5. The van der Waals surface area contributed by atoms with Crippen LogP contribution >= 0.6 is 15.9 Å². The van der Waals surface area contributed by atoms with E-state index >= 15 is 0 Å². The minimum Gasteiger partial charge on any atom is -0.357 e. The Morgan fingerprint density at radius 2 is 1.84 bits per heavy atom. The first-order valence-electron chi connectivity index (χ1n) is 7.24. The van der Waals surface area contributed by atoms with E-state index in [0.29, 0.717) is 12.0 Å². The van der Waals surface area contributed by atoms with Crippen molar-refractivity contribution in [2.75, 3.05) is 11.9 Å². The van der Waals surface area contributed by atoms with Crippen molar-refractivity contribution in [1.82, 2.24) is 9.97 Å². The Labute approximate surface area is 125 Å². The number of nitrogens with zero attached hydrogens (tertiary/aromatic N) is 3. The van der Waals surface area contributed by atoms with Crippen molar-refractivity contribution >= 4 is 21.7 Å². The Morgan fingerprint density at radius 1 is 1.21 bits per heavy atom. The van der Waals surface area contributed by atoms with Gasteiger partial charge in [-0.25, -0.2) is 9.97 Å². The summed E-state index contributed by atoms with van der Waals surface area (Å²) in [5.41, 5.74) is 0. The molecular formula is C15H24BrN3. The normalized spacial score (nSPS) is 23.7. The zero-order valence-corrected chi connectivity index (χ0v) is 13.9. The monoisotopic (exact) mass is 325 g/mol. The van der Waals surface area contributed by atoms with Crippen LogP contribution in [0.25, 0.3) is 0 Å². The molecule has 1 aromatic rings. The fourth-order valence-corrected chi connectivity index (χ4v) is 3.07. The average Bonchev–Trinajstić information content (AvgIpc) is 2.38. The number of hydrogen-bond acceptors (Lipinski definition) is 3. The van der Waals surface area contributed by atoms with Gasteiger partial charge in [0.1, 0.15) is 16.2 Å². The molecule has 0 unspecified atom stereocenters. The number of hydrogen-bond donors (Lipinski definition) is 0. The van der Waals surface area contributed by atoms with Crippen molar-refractivity contribution in [2.45, 2.75) is 58.4 Å². The second kappa shape index (κ2) is 6.21. The van der Waals surface area contributed by atoms with Crippen molar-refractivity contribution < 1.29 is 0 Å². The first kappa shape index (κ1) is 14.8. The fraction of sp³-hybridized carbons (Fsp3) is 0.733. The number of aromatic nitrogens is 2. The molecule has 0 saturated heterocycles. The molecule has 0 amide bonds. The maximum atomic E-state index is 4.71. The molecule has 1 aliphatic rings. The van der Waals surface area contributed by atoms with Crippen molar-refractivity contribution in [3.8, 4) is 0 Å². The topological polar surface area (TPSA) is 29.0 Å². The Balaban J connectivity index is 2.16. The molecule has 0 bridgehead atoms. The molecule has 4 heteroatoms. The molecule has 106 valence electrons. The number of rotatable bonds is 3. The lowest BCUT2D eigenvalue weighted by Gasteiger charge is -2.34. The van der Waals surface area contributed by atoms with E-state index in [9.17, 15) is 0 Å². The largest absolute Gasteiger partial charge is 0.357 e. The minimum absolute atomic E-state index is 0.357. The van der Waals surface area contributed by atoms with Crippen LogP contribution in [-0.4, -0.2) is 23.1 Å². The van der Waals surface area contributed by atoms with E-state index in [1.807, 2.05) is 6.07 Å². The lowest BCUT2D eigenvalue weighted by atomic mass is 9.87. The summed E-state index contributed by atoms with van der Waals surface area (Å²) < 4.78 is 0.886. The SMILES string of the molecule is CC1CCC(N(C)c2cc(Br)nc(C(C)C)n2)CC1. The van der Waals surface area contributed by atoms with Gasteiger partial charge in [0.05, 0.1) is 0 Å². The van der Waals surface area contributed by atoms with E-state index in [1.165, 1.54) is 25.7 Å². The van der Waals surface area contributed by atoms with Gasteiger partial charge in [-0.1, -0.05) is 20.8 Å². The van der Waals surface area contributed by atoms with Crippen LogP contribution in [0.3, 0.4) is 0 Å². The van der Waals surface area contributed by atoms with Crippen LogP contribution in [0, 0.1) is 5.92 Å². The molecule has 1 aliphatic carbocycles. The smallest absolute Gasteiger partial charge is 0.134 e. The predicted molar refractivity (Wildman–Crippen MR) is 83.6 cm³/mol. The third-order valence-corrected chi connectivity index (χ3v) is 4.52. The maximum absolute atomic E-state index is 4.71. The Morgan fingerprint density at radius 3 is 2.42 bits per heavy atom. The summed E-state index contributed by atoms with van der Waals surface area (Å²) in [6.45, 7) is 6.62. The van der Waals surface area contributed by atoms with Crippen molar-refractivity contribution in [2.24, 2.45) is 5.92 Å². The predicted octanol–water partition coefficient (Wildman–Crippen LogP) is 4.38. The van der Waals surface area contributed by atoms with Crippen LogP contribution in [0.1, 0.15) is 58.2 Å². The average molecular weight is 326 g/mol. The summed E-state index contributed by atoms with van der Waals surface area (Å²) in [5.74, 6) is 3.20. The van der Waals surface area contributed by atoms with Crippen LogP contribution in [-0.2, 0) is 0 Å². The third-order valence-electron chi connectivity index (χ3n) is 4.11. The molecule has 19 heavy (non-hydrogen) atoms. The minimum atomic E-state index is 0.357. The molecule has 1 heterocycles. The molecule has 0 spiro atoms. The van der Waals surface area contributed by atoms with Gasteiger partial charge in [-0.2, -0.15) is 0 Å². The van der Waals surface area contributed by atoms with Crippen molar-refractivity contribution in [3.63, 3.8) is 0 Å². The molecule has 1 aromatic heterocycles. The highest BCUT2D eigenvalue weighted by atomic mass is 79.9. The number of halogens is 1. The van der Waals surface area contributed by atoms with Gasteiger partial charge < -0.3 is 4.90 Å². The molecule has 1 saturated carbocycles. The van der Waals surface area contributed by atoms with E-state index < -0.39 is 0 Å². The third kappa shape index (κ3) is 3.68. The van der Waals surface area contributed by atoms with Crippen LogP contribution in [0.4, 0.5) is 5.82 Å². The van der Waals surface area contributed by atoms with Crippen LogP contribution < -0.4 is 4.90 Å². The molecule has 3 nitrogen and oxygen atoms in total. The highest BCUT2D eigenvalue weighted by molar-refractivity contribution is 9.10. The Bertz CT molecular complexity index is 425. The van der Waals surface area contributed by atoms with Gasteiger partial charge in [-0.05, 0) is 47.5 Å². The zero-order chi connectivity index (χ0) is 14.0. The molecule has 0 atom stereocenters. The highest BCUT2D eigenvalue weighted by Crippen LogP contribution is 2.29. The molecule has 0 aliphatic heterocycles. The second-order valence-electron chi connectivity index (χ2n) is 6.09. The van der Waals surface area contributed by atoms with Crippen molar-refractivity contribution in [1.29, 1.82) is 0 Å².